The highest BCUT2D eigenvalue weighted by atomic mass is 79.9. The van der Waals surface area contributed by atoms with Gasteiger partial charge in [0.05, 0.1) is 12.7 Å². The van der Waals surface area contributed by atoms with Gasteiger partial charge in [0.25, 0.3) is 0 Å². The average Bonchev–Trinajstić information content (AvgIpc) is 2.96. The smallest absolute Gasteiger partial charge is 0.208 e. The zero-order valence-corrected chi connectivity index (χ0v) is 13.5. The van der Waals surface area contributed by atoms with Crippen LogP contribution < -0.4 is 5.32 Å². The van der Waals surface area contributed by atoms with E-state index >= 15 is 0 Å². The minimum Gasteiger partial charge on any atom is -0.439 e. The van der Waals surface area contributed by atoms with Gasteiger partial charge >= 0.3 is 0 Å². The van der Waals surface area contributed by atoms with Gasteiger partial charge in [0.1, 0.15) is 0 Å². The molecule has 2 aromatic carbocycles. The molecule has 0 saturated heterocycles. The summed E-state index contributed by atoms with van der Waals surface area (Å²) in [6.07, 6.45) is 2.90. The third kappa shape index (κ3) is 3.34. The van der Waals surface area contributed by atoms with Gasteiger partial charge in [0, 0.05) is 10.0 Å². The number of nitrogens with zero attached hydrogens (tertiary/aromatic N) is 1. The fourth-order valence-electron chi connectivity index (χ4n) is 2.27. The largest absolute Gasteiger partial charge is 0.439 e. The van der Waals surface area contributed by atoms with E-state index in [1.165, 1.54) is 10.8 Å². The van der Waals surface area contributed by atoms with Crippen molar-refractivity contribution in [2.45, 2.75) is 19.9 Å². The lowest BCUT2D eigenvalue weighted by molar-refractivity contribution is 0.478. The Labute approximate surface area is 132 Å². The summed E-state index contributed by atoms with van der Waals surface area (Å²) in [5, 5.41) is 5.69. The summed E-state index contributed by atoms with van der Waals surface area (Å²) < 4.78 is 6.90. The second kappa shape index (κ2) is 6.41. The van der Waals surface area contributed by atoms with Crippen LogP contribution in [0.3, 0.4) is 0 Å². The maximum absolute atomic E-state index is 5.81. The first-order valence-corrected chi connectivity index (χ1v) is 7.90. The Morgan fingerprint density at radius 2 is 1.95 bits per heavy atom. The molecule has 1 aromatic heterocycles. The summed E-state index contributed by atoms with van der Waals surface area (Å²) in [5.74, 6) is 1.54. The summed E-state index contributed by atoms with van der Waals surface area (Å²) in [6.45, 7) is 3.79. The standard InChI is InChI=1S/C17H17BrN2O/c1-2-7-19-11-17-20-10-16(21-17)14-4-3-13-9-15(18)6-5-12(13)8-14/h3-6,8-10,19H,2,7,11H2,1H3. The monoisotopic (exact) mass is 344 g/mol. The molecule has 108 valence electrons. The van der Waals surface area contributed by atoms with Crippen molar-refractivity contribution in [2.24, 2.45) is 0 Å². The second-order valence-electron chi connectivity index (χ2n) is 5.00. The molecule has 0 amide bonds. The number of halogens is 1. The van der Waals surface area contributed by atoms with Gasteiger partial charge in [-0.05, 0) is 41.9 Å². The van der Waals surface area contributed by atoms with Crippen molar-refractivity contribution < 1.29 is 4.42 Å². The van der Waals surface area contributed by atoms with Gasteiger partial charge in [-0.2, -0.15) is 0 Å². The number of nitrogens with one attached hydrogen (secondary N) is 1. The molecule has 0 atom stereocenters. The van der Waals surface area contributed by atoms with Crippen LogP contribution in [0.1, 0.15) is 19.2 Å². The van der Waals surface area contributed by atoms with Gasteiger partial charge in [0.15, 0.2) is 5.76 Å². The summed E-state index contributed by atoms with van der Waals surface area (Å²) in [7, 11) is 0. The first-order valence-electron chi connectivity index (χ1n) is 7.11. The third-order valence-corrected chi connectivity index (χ3v) is 3.84. The molecule has 0 bridgehead atoms. The van der Waals surface area contributed by atoms with E-state index in [1.54, 1.807) is 6.20 Å². The molecule has 0 fully saturated rings. The van der Waals surface area contributed by atoms with Crippen LogP contribution in [0.15, 0.2) is 51.5 Å². The van der Waals surface area contributed by atoms with E-state index in [1.807, 2.05) is 6.07 Å². The molecule has 0 aliphatic rings. The molecule has 0 spiro atoms. The molecule has 1 N–H and O–H groups in total. The lowest BCUT2D eigenvalue weighted by atomic mass is 10.1. The fourth-order valence-corrected chi connectivity index (χ4v) is 2.65. The van der Waals surface area contributed by atoms with E-state index < -0.39 is 0 Å². The summed E-state index contributed by atoms with van der Waals surface area (Å²) in [6, 6.07) is 12.6. The van der Waals surface area contributed by atoms with Crippen LogP contribution in [-0.4, -0.2) is 11.5 Å². The summed E-state index contributed by atoms with van der Waals surface area (Å²) in [4.78, 5) is 4.32. The van der Waals surface area contributed by atoms with Crippen LogP contribution in [0.5, 0.6) is 0 Å². The van der Waals surface area contributed by atoms with Gasteiger partial charge in [0.2, 0.25) is 5.89 Å². The highest BCUT2D eigenvalue weighted by molar-refractivity contribution is 9.10. The topological polar surface area (TPSA) is 38.1 Å². The minimum atomic E-state index is 0.675. The van der Waals surface area contributed by atoms with Crippen LogP contribution >= 0.6 is 15.9 Å². The van der Waals surface area contributed by atoms with Crippen LogP contribution in [-0.2, 0) is 6.54 Å². The molecule has 0 unspecified atom stereocenters. The average molecular weight is 345 g/mol. The minimum absolute atomic E-state index is 0.675. The number of benzene rings is 2. The SMILES string of the molecule is CCCNCc1ncc(-c2ccc3cc(Br)ccc3c2)o1. The van der Waals surface area contributed by atoms with Crippen LogP contribution in [0, 0.1) is 0 Å². The number of oxazole rings is 1. The van der Waals surface area contributed by atoms with E-state index in [-0.39, 0.29) is 0 Å². The Bertz CT molecular complexity index is 751. The third-order valence-electron chi connectivity index (χ3n) is 3.34. The maximum atomic E-state index is 5.81. The predicted molar refractivity (Wildman–Crippen MR) is 89.1 cm³/mol. The van der Waals surface area contributed by atoms with Crippen LogP contribution in [0.4, 0.5) is 0 Å². The maximum Gasteiger partial charge on any atom is 0.208 e. The fraction of sp³-hybridized carbons (Fsp3) is 0.235. The number of fused-ring (bicyclic) bond motifs is 1. The normalized spacial score (nSPS) is 11.1. The molecule has 21 heavy (non-hydrogen) atoms. The number of aromatic nitrogens is 1. The quantitative estimate of drug-likeness (QED) is 0.678. The van der Waals surface area contributed by atoms with Crippen molar-refractivity contribution in [2.75, 3.05) is 6.54 Å². The molecule has 0 aliphatic heterocycles. The molecular weight excluding hydrogens is 328 g/mol. The molecule has 3 nitrogen and oxygen atoms in total. The Balaban J connectivity index is 1.84. The number of hydrogen-bond acceptors (Lipinski definition) is 3. The molecule has 0 radical (unpaired) electrons. The molecule has 1 heterocycles. The molecular formula is C17H17BrN2O. The van der Waals surface area contributed by atoms with Gasteiger partial charge in [-0.1, -0.05) is 41.1 Å². The zero-order chi connectivity index (χ0) is 14.7. The molecule has 4 heteroatoms. The first-order chi connectivity index (χ1) is 10.3. The Morgan fingerprint density at radius 1 is 1.14 bits per heavy atom. The van der Waals surface area contributed by atoms with E-state index in [0.717, 1.165) is 34.7 Å². The molecule has 0 aliphatic carbocycles. The van der Waals surface area contributed by atoms with E-state index in [0.29, 0.717) is 6.54 Å². The molecule has 3 aromatic rings. The number of hydrogen-bond donors (Lipinski definition) is 1. The van der Waals surface area contributed by atoms with E-state index in [2.05, 4.69) is 63.5 Å². The van der Waals surface area contributed by atoms with Crippen molar-refractivity contribution in [3.63, 3.8) is 0 Å². The van der Waals surface area contributed by atoms with Crippen molar-refractivity contribution in [3.05, 3.63) is 53.0 Å². The van der Waals surface area contributed by atoms with Gasteiger partial charge < -0.3 is 9.73 Å². The van der Waals surface area contributed by atoms with Crippen molar-refractivity contribution in [1.29, 1.82) is 0 Å². The predicted octanol–water partition coefficient (Wildman–Crippen LogP) is 4.76. The second-order valence-corrected chi connectivity index (χ2v) is 5.92. The lowest BCUT2D eigenvalue weighted by Gasteiger charge is -2.02. The molecule has 3 rings (SSSR count). The van der Waals surface area contributed by atoms with Gasteiger partial charge in [-0.3, -0.25) is 0 Å². The van der Waals surface area contributed by atoms with Crippen LogP contribution in [0.25, 0.3) is 22.1 Å². The highest BCUT2D eigenvalue weighted by Gasteiger charge is 2.07. The first kappa shape index (κ1) is 14.3. The lowest BCUT2D eigenvalue weighted by Crippen LogP contribution is -2.13. The Kier molecular flexibility index (Phi) is 4.36. The van der Waals surface area contributed by atoms with Gasteiger partial charge in [-0.25, -0.2) is 4.98 Å². The van der Waals surface area contributed by atoms with Crippen molar-refractivity contribution in [1.82, 2.24) is 10.3 Å². The van der Waals surface area contributed by atoms with E-state index in [4.69, 9.17) is 4.42 Å². The highest BCUT2D eigenvalue weighted by Crippen LogP contribution is 2.26. The summed E-state index contributed by atoms with van der Waals surface area (Å²) in [5.41, 5.74) is 1.05. The van der Waals surface area contributed by atoms with Crippen molar-refractivity contribution >= 4 is 26.7 Å². The van der Waals surface area contributed by atoms with Gasteiger partial charge in [-0.15, -0.1) is 0 Å². The van der Waals surface area contributed by atoms with Crippen LogP contribution in [0.2, 0.25) is 0 Å². The Hall–Kier alpha value is -1.65. The summed E-state index contributed by atoms with van der Waals surface area (Å²) >= 11 is 3.49. The Morgan fingerprint density at radius 3 is 2.81 bits per heavy atom. The van der Waals surface area contributed by atoms with Crippen molar-refractivity contribution in [3.8, 4) is 11.3 Å². The molecule has 0 saturated carbocycles. The van der Waals surface area contributed by atoms with E-state index in [9.17, 15) is 0 Å². The zero-order valence-electron chi connectivity index (χ0n) is 11.9. The number of rotatable bonds is 5.